The van der Waals surface area contributed by atoms with Gasteiger partial charge < -0.3 is 14.6 Å². The van der Waals surface area contributed by atoms with Crippen molar-refractivity contribution >= 4 is 52.8 Å². The molecule has 1 N–H and O–H groups in total. The third kappa shape index (κ3) is 8.60. The van der Waals surface area contributed by atoms with Crippen molar-refractivity contribution < 1.29 is 29.0 Å². The van der Waals surface area contributed by atoms with Crippen LogP contribution in [0.1, 0.15) is 18.4 Å². The van der Waals surface area contributed by atoms with Gasteiger partial charge in [0.05, 0.1) is 0 Å². The molecular formula is C16H18Cl3NO6. The second-order valence-electron chi connectivity index (χ2n) is 5.32. The Kier molecular flexibility index (Phi) is 8.98. The molecule has 0 spiro atoms. The summed E-state index contributed by atoms with van der Waals surface area (Å²) in [4.78, 5) is 35.9. The number of carbonyl (C=O) groups is 3. The maximum absolute atomic E-state index is 12.0. The molecule has 0 aliphatic carbocycles. The summed E-state index contributed by atoms with van der Waals surface area (Å²) in [6.45, 7) is -0.454. The zero-order chi connectivity index (χ0) is 19.7. The Balaban J connectivity index is 2.52. The predicted molar refractivity (Wildman–Crippen MR) is 96.3 cm³/mol. The Hall–Kier alpha value is -1.70. The number of carboxylic acid groups (broad SMARTS) is 1. The third-order valence-electron chi connectivity index (χ3n) is 3.26. The molecule has 0 bridgehead atoms. The molecule has 10 heteroatoms. The van der Waals surface area contributed by atoms with Crippen molar-refractivity contribution in [3.8, 4) is 0 Å². The lowest BCUT2D eigenvalue weighted by Crippen LogP contribution is -2.43. The molecule has 0 aliphatic rings. The predicted octanol–water partition coefficient (Wildman–Crippen LogP) is 3.40. The van der Waals surface area contributed by atoms with Gasteiger partial charge in [-0.3, -0.25) is 9.69 Å². The molecule has 0 radical (unpaired) electrons. The van der Waals surface area contributed by atoms with E-state index < -0.39 is 34.5 Å². The zero-order valence-electron chi connectivity index (χ0n) is 13.9. The number of rotatable bonds is 8. The van der Waals surface area contributed by atoms with Crippen LogP contribution in [0.25, 0.3) is 0 Å². The number of carboxylic acids is 1. The Morgan fingerprint density at radius 2 is 1.77 bits per heavy atom. The molecule has 1 aromatic carbocycles. The number of likely N-dealkylation sites (N-methyl/N-ethyl adjacent to an activating group) is 1. The highest BCUT2D eigenvalue weighted by atomic mass is 35.6. The first-order chi connectivity index (χ1) is 12.1. The van der Waals surface area contributed by atoms with E-state index in [0.717, 1.165) is 10.5 Å². The number of benzene rings is 1. The number of carbonyl (C=O) groups excluding carboxylic acids is 2. The van der Waals surface area contributed by atoms with Gasteiger partial charge in [0, 0.05) is 13.5 Å². The average molecular weight is 427 g/mol. The molecule has 1 atom stereocenters. The van der Waals surface area contributed by atoms with Gasteiger partial charge in [0.1, 0.15) is 19.3 Å². The monoisotopic (exact) mass is 425 g/mol. The molecule has 0 saturated carbocycles. The highest BCUT2D eigenvalue weighted by molar-refractivity contribution is 6.67. The number of esters is 1. The number of nitrogens with zero attached hydrogens (tertiary/aromatic N) is 1. The van der Waals surface area contributed by atoms with E-state index in [-0.39, 0.29) is 19.4 Å². The fourth-order valence-electron chi connectivity index (χ4n) is 1.92. The standard InChI is InChI=1S/C16H18Cl3NO6/c1-20(15(24)25-9-11-5-3-2-4-6-11)12(14(22)23)7-8-13(21)26-10-16(17,18)19/h2-6,12H,7-10H2,1H3,(H,22,23)/t12-/m0/s1. The quantitative estimate of drug-likeness (QED) is 0.506. The molecule has 7 nitrogen and oxygen atoms in total. The summed E-state index contributed by atoms with van der Waals surface area (Å²) in [5, 5.41) is 9.28. The van der Waals surface area contributed by atoms with E-state index in [1.165, 1.54) is 7.05 Å². The van der Waals surface area contributed by atoms with E-state index >= 15 is 0 Å². The molecule has 26 heavy (non-hydrogen) atoms. The average Bonchev–Trinajstić information content (AvgIpc) is 2.57. The van der Waals surface area contributed by atoms with Crippen LogP contribution in [0, 0.1) is 0 Å². The van der Waals surface area contributed by atoms with Crippen molar-refractivity contribution in [1.29, 1.82) is 0 Å². The fraction of sp³-hybridized carbons (Fsp3) is 0.438. The van der Waals surface area contributed by atoms with Crippen molar-refractivity contribution in [3.05, 3.63) is 35.9 Å². The molecule has 1 amide bonds. The van der Waals surface area contributed by atoms with Gasteiger partial charge in [-0.1, -0.05) is 65.1 Å². The molecule has 1 aromatic rings. The highest BCUT2D eigenvalue weighted by Crippen LogP contribution is 2.26. The highest BCUT2D eigenvalue weighted by Gasteiger charge is 2.29. The van der Waals surface area contributed by atoms with Crippen LogP contribution in [0.15, 0.2) is 30.3 Å². The Bertz CT molecular complexity index is 620. The first-order valence-corrected chi connectivity index (χ1v) is 8.62. The van der Waals surface area contributed by atoms with Crippen LogP contribution < -0.4 is 0 Å². The molecule has 0 heterocycles. The van der Waals surface area contributed by atoms with Gasteiger partial charge in [0.15, 0.2) is 0 Å². The maximum atomic E-state index is 12.0. The minimum atomic E-state index is -1.75. The van der Waals surface area contributed by atoms with Crippen LogP contribution in [0.4, 0.5) is 4.79 Å². The zero-order valence-corrected chi connectivity index (χ0v) is 16.1. The van der Waals surface area contributed by atoms with Crippen LogP contribution in [0.2, 0.25) is 0 Å². The van der Waals surface area contributed by atoms with Crippen LogP contribution in [0.3, 0.4) is 0 Å². The number of alkyl halides is 3. The molecule has 144 valence electrons. The third-order valence-corrected chi connectivity index (χ3v) is 3.59. The van der Waals surface area contributed by atoms with Gasteiger partial charge in [0.2, 0.25) is 3.79 Å². The molecule has 1 rings (SSSR count). The van der Waals surface area contributed by atoms with E-state index in [1.807, 2.05) is 6.07 Å². The summed E-state index contributed by atoms with van der Waals surface area (Å²) in [5.74, 6) is -2.02. The summed E-state index contributed by atoms with van der Waals surface area (Å²) in [6.07, 6.45) is -1.27. The van der Waals surface area contributed by atoms with E-state index in [4.69, 9.17) is 44.3 Å². The van der Waals surface area contributed by atoms with Gasteiger partial charge >= 0.3 is 18.0 Å². The Morgan fingerprint density at radius 1 is 1.15 bits per heavy atom. The van der Waals surface area contributed by atoms with E-state index in [9.17, 15) is 19.5 Å². The number of hydrogen-bond donors (Lipinski definition) is 1. The van der Waals surface area contributed by atoms with Crippen molar-refractivity contribution in [2.45, 2.75) is 29.3 Å². The lowest BCUT2D eigenvalue weighted by atomic mass is 10.1. The molecular weight excluding hydrogens is 409 g/mol. The number of halogens is 3. The van der Waals surface area contributed by atoms with E-state index in [0.29, 0.717) is 0 Å². The largest absolute Gasteiger partial charge is 0.480 e. The van der Waals surface area contributed by atoms with Gasteiger partial charge in [-0.25, -0.2) is 9.59 Å². The molecule has 0 aliphatic heterocycles. The van der Waals surface area contributed by atoms with Crippen LogP contribution in [0.5, 0.6) is 0 Å². The van der Waals surface area contributed by atoms with Crippen molar-refractivity contribution in [2.75, 3.05) is 13.7 Å². The number of hydrogen-bond acceptors (Lipinski definition) is 5. The smallest absolute Gasteiger partial charge is 0.410 e. The lowest BCUT2D eigenvalue weighted by molar-refractivity contribution is -0.145. The van der Waals surface area contributed by atoms with Gasteiger partial charge in [0.25, 0.3) is 0 Å². The molecule has 0 fully saturated rings. The first-order valence-electron chi connectivity index (χ1n) is 7.49. The SMILES string of the molecule is CN(C(=O)OCc1ccccc1)[C@@H](CCC(=O)OCC(Cl)(Cl)Cl)C(=O)O. The second kappa shape index (κ2) is 10.4. The second-order valence-corrected chi connectivity index (χ2v) is 7.84. The summed E-state index contributed by atoms with van der Waals surface area (Å²) >= 11 is 16.4. The van der Waals surface area contributed by atoms with Gasteiger partial charge in [-0.15, -0.1) is 0 Å². The normalized spacial score (nSPS) is 12.2. The molecule has 0 aromatic heterocycles. The minimum absolute atomic E-state index is 0.00163. The summed E-state index contributed by atoms with van der Waals surface area (Å²) in [7, 11) is 1.28. The van der Waals surface area contributed by atoms with Gasteiger partial charge in [-0.2, -0.15) is 0 Å². The number of ether oxygens (including phenoxy) is 2. The van der Waals surface area contributed by atoms with E-state index in [1.54, 1.807) is 24.3 Å². The van der Waals surface area contributed by atoms with Crippen LogP contribution in [-0.2, 0) is 25.7 Å². The van der Waals surface area contributed by atoms with Crippen molar-refractivity contribution in [2.24, 2.45) is 0 Å². The topological polar surface area (TPSA) is 93.1 Å². The van der Waals surface area contributed by atoms with Crippen LogP contribution in [-0.4, -0.2) is 51.5 Å². The summed E-state index contributed by atoms with van der Waals surface area (Å²) in [6, 6.07) is 7.66. The minimum Gasteiger partial charge on any atom is -0.480 e. The Morgan fingerprint density at radius 3 is 2.31 bits per heavy atom. The number of amides is 1. The van der Waals surface area contributed by atoms with Crippen LogP contribution >= 0.6 is 34.8 Å². The summed E-state index contributed by atoms with van der Waals surface area (Å²) < 4.78 is 8.04. The van der Waals surface area contributed by atoms with Gasteiger partial charge in [-0.05, 0) is 12.0 Å². The fourth-order valence-corrected chi connectivity index (χ4v) is 2.08. The lowest BCUT2D eigenvalue weighted by Gasteiger charge is -2.24. The molecule has 0 saturated heterocycles. The van der Waals surface area contributed by atoms with Crippen molar-refractivity contribution in [1.82, 2.24) is 4.90 Å². The number of aliphatic carboxylic acids is 1. The Labute approximate surface area is 165 Å². The summed E-state index contributed by atoms with van der Waals surface area (Å²) in [5.41, 5.74) is 0.761. The first kappa shape index (κ1) is 22.3. The molecule has 0 unspecified atom stereocenters. The van der Waals surface area contributed by atoms with Crippen molar-refractivity contribution in [3.63, 3.8) is 0 Å². The van der Waals surface area contributed by atoms with E-state index in [2.05, 4.69) is 0 Å². The maximum Gasteiger partial charge on any atom is 0.410 e.